The lowest BCUT2D eigenvalue weighted by Gasteiger charge is -2.31. The normalized spacial score (nSPS) is 10.8. The monoisotopic (exact) mass is 181 g/mol. The lowest BCUT2D eigenvalue weighted by atomic mass is 10.9. The average Bonchev–Trinajstić information content (AvgIpc) is 1.95. The van der Waals surface area contributed by atoms with E-state index in [2.05, 4.69) is 27.7 Å². The van der Waals surface area contributed by atoms with Gasteiger partial charge in [-0.15, -0.1) is 7.26 Å². The predicted octanol–water partition coefficient (Wildman–Crippen LogP) is 3.14. The summed E-state index contributed by atoms with van der Waals surface area (Å²) >= 11 is 0. The second kappa shape index (κ2) is 6.56. The van der Waals surface area contributed by atoms with E-state index in [9.17, 15) is 0 Å². The molecular weight excluding hydrogens is 158 g/mol. The Labute approximate surface area is 70.1 Å². The highest BCUT2D eigenvalue weighted by Gasteiger charge is 2.16. The molecule has 1 radical (unpaired) electrons. The fourth-order valence-corrected chi connectivity index (χ4v) is 4.02. The summed E-state index contributed by atoms with van der Waals surface area (Å²) in [6.45, 7) is 9.41. The summed E-state index contributed by atoms with van der Waals surface area (Å²) in [6.07, 6.45) is 5.82. The Morgan fingerprint density at radius 1 is 0.700 bits per heavy atom. The topological polar surface area (TPSA) is 0 Å². The molecule has 0 N–H and O–H groups in total. The maximum atomic E-state index is 2.35. The molecule has 0 fully saturated rings. The largest absolute Gasteiger partial charge is 0.153 e. The Morgan fingerprint density at radius 3 is 0.900 bits per heavy atom. The number of hydrogen-bond acceptors (Lipinski definition) is 0. The first-order valence-corrected chi connectivity index (χ1v) is 6.62. The predicted molar refractivity (Wildman–Crippen MR) is 60.2 cm³/mol. The van der Waals surface area contributed by atoms with Crippen molar-refractivity contribution in [1.29, 1.82) is 0 Å². The first-order valence-electron chi connectivity index (χ1n) is 4.09. The molecule has 0 saturated carbocycles. The fraction of sp³-hybridized carbons (Fsp3) is 1.00. The Morgan fingerprint density at radius 2 is 0.900 bits per heavy atom. The lowest BCUT2D eigenvalue weighted by Crippen LogP contribution is -2.04. The number of hydrogen-bond donors (Lipinski definition) is 0. The van der Waals surface area contributed by atoms with Gasteiger partial charge in [0.05, 0.1) is 0 Å². The Bertz CT molecular complexity index is 50.1. The highest BCUT2D eigenvalue weighted by Crippen LogP contribution is 2.57. The molecule has 1 atom stereocenters. The zero-order chi connectivity index (χ0) is 7.33. The van der Waals surface area contributed by atoms with Gasteiger partial charge in [0.15, 0.2) is 0 Å². The minimum atomic E-state index is -0.420. The molecular formula is C8H23P2. The molecule has 1 unspecified atom stereocenters. The van der Waals surface area contributed by atoms with Gasteiger partial charge in [-0.2, -0.15) is 9.90 Å². The maximum Gasteiger partial charge on any atom is -0.0388 e. The van der Waals surface area contributed by atoms with Crippen molar-refractivity contribution in [2.24, 2.45) is 0 Å². The van der Waals surface area contributed by atoms with Crippen molar-refractivity contribution in [3.8, 4) is 0 Å². The molecule has 0 spiro atoms. The van der Waals surface area contributed by atoms with E-state index in [1.54, 1.807) is 0 Å². The molecule has 0 aliphatic carbocycles. The molecule has 2 heteroatoms. The maximum absolute atomic E-state index is 2.35. The molecule has 65 valence electrons. The lowest BCUT2D eigenvalue weighted by molar-refractivity contribution is 1.25. The van der Waals surface area contributed by atoms with Gasteiger partial charge in [0.25, 0.3) is 0 Å². The van der Waals surface area contributed by atoms with Crippen molar-refractivity contribution in [3.63, 3.8) is 0 Å². The van der Waals surface area contributed by atoms with Gasteiger partial charge in [-0.3, -0.25) is 0 Å². The summed E-state index contributed by atoms with van der Waals surface area (Å²) in [4.78, 5) is 0. The van der Waals surface area contributed by atoms with Gasteiger partial charge in [0.1, 0.15) is 0 Å². The summed E-state index contributed by atoms with van der Waals surface area (Å²) in [6, 6.07) is 0. The Hall–Kier alpha value is 0.860. The van der Waals surface area contributed by atoms with Crippen molar-refractivity contribution in [2.45, 2.75) is 27.7 Å². The van der Waals surface area contributed by atoms with Gasteiger partial charge < -0.3 is 0 Å². The van der Waals surface area contributed by atoms with E-state index in [-0.39, 0.29) is 9.90 Å². The average molecular weight is 181 g/mol. The van der Waals surface area contributed by atoms with Crippen LogP contribution in [0, 0.1) is 0 Å². The Balaban J connectivity index is 0. The smallest absolute Gasteiger partial charge is 0.0388 e. The molecule has 0 aromatic heterocycles. The highest BCUT2D eigenvalue weighted by atomic mass is 31.2. The SMILES string of the molecule is CC[P](CC)(CC)CC.P. The summed E-state index contributed by atoms with van der Waals surface area (Å²) in [5, 5.41) is 0. The van der Waals surface area contributed by atoms with Gasteiger partial charge in [0.2, 0.25) is 0 Å². The molecule has 0 aliphatic heterocycles. The molecule has 0 saturated heterocycles. The van der Waals surface area contributed by atoms with Crippen LogP contribution >= 0.6 is 17.2 Å². The third kappa shape index (κ3) is 3.31. The first kappa shape index (κ1) is 13.4. The van der Waals surface area contributed by atoms with E-state index in [4.69, 9.17) is 0 Å². The van der Waals surface area contributed by atoms with Crippen LogP contribution in [-0.4, -0.2) is 24.6 Å². The van der Waals surface area contributed by atoms with E-state index < -0.39 is 7.26 Å². The van der Waals surface area contributed by atoms with Crippen LogP contribution in [0.25, 0.3) is 0 Å². The molecule has 0 aromatic rings. The number of rotatable bonds is 4. The third-order valence-corrected chi connectivity index (χ3v) is 8.05. The van der Waals surface area contributed by atoms with Gasteiger partial charge in [-0.1, -0.05) is 27.7 Å². The van der Waals surface area contributed by atoms with Crippen LogP contribution in [0.5, 0.6) is 0 Å². The van der Waals surface area contributed by atoms with Gasteiger partial charge in [-0.25, -0.2) is 0 Å². The van der Waals surface area contributed by atoms with E-state index >= 15 is 0 Å². The van der Waals surface area contributed by atoms with Crippen molar-refractivity contribution < 1.29 is 0 Å². The fourth-order valence-electron chi connectivity index (χ4n) is 1.34. The van der Waals surface area contributed by atoms with Crippen LogP contribution in [-0.2, 0) is 0 Å². The summed E-state index contributed by atoms with van der Waals surface area (Å²) < 4.78 is 0. The van der Waals surface area contributed by atoms with Crippen LogP contribution in [0.1, 0.15) is 27.7 Å². The summed E-state index contributed by atoms with van der Waals surface area (Å²) in [5.74, 6) is 0. The standard InChI is InChI=1S/C8H20P.H3P/c1-5-9(6-2,7-3)8-4;/h5-8H2,1-4H3;1H3. The molecule has 0 amide bonds. The second-order valence-corrected chi connectivity index (χ2v) is 7.82. The molecule has 0 bridgehead atoms. The van der Waals surface area contributed by atoms with Gasteiger partial charge in [0, 0.05) is 0 Å². The van der Waals surface area contributed by atoms with E-state index in [1.165, 1.54) is 24.6 Å². The second-order valence-electron chi connectivity index (χ2n) is 2.61. The van der Waals surface area contributed by atoms with E-state index in [1.807, 2.05) is 0 Å². The molecule has 0 aliphatic rings. The van der Waals surface area contributed by atoms with Crippen LogP contribution in [0.4, 0.5) is 0 Å². The van der Waals surface area contributed by atoms with Crippen molar-refractivity contribution in [1.82, 2.24) is 0 Å². The minimum Gasteiger partial charge on any atom is -0.153 e. The summed E-state index contributed by atoms with van der Waals surface area (Å²) in [7, 11) is -0.420. The van der Waals surface area contributed by atoms with E-state index in [0.717, 1.165) is 0 Å². The molecule has 0 aromatic carbocycles. The van der Waals surface area contributed by atoms with Crippen LogP contribution in [0.15, 0.2) is 0 Å². The molecule has 0 rings (SSSR count). The Kier molecular flexibility index (Phi) is 8.83. The molecule has 10 heavy (non-hydrogen) atoms. The summed E-state index contributed by atoms with van der Waals surface area (Å²) in [5.41, 5.74) is 0. The molecule has 0 nitrogen and oxygen atoms in total. The van der Waals surface area contributed by atoms with Crippen molar-refractivity contribution in [3.05, 3.63) is 0 Å². The highest BCUT2D eigenvalue weighted by molar-refractivity contribution is 7.75. The first-order chi connectivity index (χ1) is 4.24. The van der Waals surface area contributed by atoms with Crippen molar-refractivity contribution in [2.75, 3.05) is 24.6 Å². The zero-order valence-corrected chi connectivity index (χ0v) is 10.3. The third-order valence-electron chi connectivity index (χ3n) is 2.68. The van der Waals surface area contributed by atoms with Crippen LogP contribution < -0.4 is 0 Å². The van der Waals surface area contributed by atoms with E-state index in [0.29, 0.717) is 0 Å². The van der Waals surface area contributed by atoms with Crippen LogP contribution in [0.3, 0.4) is 0 Å². The van der Waals surface area contributed by atoms with Gasteiger partial charge in [-0.05, 0) is 24.6 Å². The van der Waals surface area contributed by atoms with Gasteiger partial charge >= 0.3 is 0 Å². The van der Waals surface area contributed by atoms with Crippen molar-refractivity contribution >= 4 is 17.2 Å². The quantitative estimate of drug-likeness (QED) is 0.584. The van der Waals surface area contributed by atoms with Crippen LogP contribution in [0.2, 0.25) is 0 Å². The minimum absolute atomic E-state index is 0. The zero-order valence-electron chi connectivity index (χ0n) is 7.98. The molecule has 0 heterocycles.